The van der Waals surface area contributed by atoms with Crippen molar-refractivity contribution in [3.63, 3.8) is 0 Å². The molecular weight excluding hydrogens is 281 g/mol. The zero-order valence-corrected chi connectivity index (χ0v) is 13.8. The van der Waals surface area contributed by atoms with E-state index in [0.29, 0.717) is 11.3 Å². The van der Waals surface area contributed by atoms with E-state index in [9.17, 15) is 5.11 Å². The van der Waals surface area contributed by atoms with Gasteiger partial charge in [0.25, 0.3) is 0 Å². The Morgan fingerprint density at radius 1 is 1.27 bits per heavy atom. The Labute approximate surface area is 132 Å². The highest BCUT2D eigenvalue weighted by Gasteiger charge is 2.52. The van der Waals surface area contributed by atoms with Gasteiger partial charge in [0, 0.05) is 12.1 Å². The largest absolute Gasteiger partial charge is 0.507 e. The molecule has 0 amide bonds. The van der Waals surface area contributed by atoms with Crippen molar-refractivity contribution in [2.45, 2.75) is 38.9 Å². The van der Waals surface area contributed by atoms with Crippen molar-refractivity contribution >= 4 is 13.2 Å². The van der Waals surface area contributed by atoms with Gasteiger partial charge in [0.05, 0.1) is 18.3 Å². The van der Waals surface area contributed by atoms with Gasteiger partial charge in [0.15, 0.2) is 0 Å². The van der Waals surface area contributed by atoms with Crippen molar-refractivity contribution < 1.29 is 19.2 Å². The summed E-state index contributed by atoms with van der Waals surface area (Å²) in [7, 11) is 1.05. The van der Waals surface area contributed by atoms with Gasteiger partial charge in [-0.05, 0) is 51.4 Å². The molecule has 120 valence electrons. The molecule has 6 heteroatoms. The third kappa shape index (κ3) is 3.14. The molecule has 1 saturated heterocycles. The second-order valence-corrected chi connectivity index (χ2v) is 6.44. The second-order valence-electron chi connectivity index (χ2n) is 6.44. The number of hydrogen-bond acceptors (Lipinski definition) is 5. The molecular formula is C16H24BNO4. The summed E-state index contributed by atoms with van der Waals surface area (Å²) in [6.45, 7) is 8.23. The van der Waals surface area contributed by atoms with Crippen molar-refractivity contribution in [2.24, 2.45) is 5.73 Å². The molecule has 1 heterocycles. The molecule has 1 aromatic carbocycles. The summed E-state index contributed by atoms with van der Waals surface area (Å²) >= 11 is 0. The van der Waals surface area contributed by atoms with Gasteiger partial charge in [0.1, 0.15) is 11.5 Å². The molecule has 5 nitrogen and oxygen atoms in total. The van der Waals surface area contributed by atoms with Gasteiger partial charge in [0.2, 0.25) is 0 Å². The summed E-state index contributed by atoms with van der Waals surface area (Å²) in [5.74, 6) is 0.817. The number of methoxy groups -OCH3 is 1. The van der Waals surface area contributed by atoms with Crippen molar-refractivity contribution in [1.29, 1.82) is 0 Å². The van der Waals surface area contributed by atoms with Crippen LogP contribution in [0.5, 0.6) is 11.5 Å². The lowest BCUT2D eigenvalue weighted by Crippen LogP contribution is -2.41. The van der Waals surface area contributed by atoms with Crippen LogP contribution in [0.1, 0.15) is 33.3 Å². The number of ether oxygens (including phenoxy) is 1. The second kappa shape index (κ2) is 5.95. The number of phenols is 1. The lowest BCUT2D eigenvalue weighted by molar-refractivity contribution is 0.00578. The first kappa shape index (κ1) is 16.9. The first-order valence-electron chi connectivity index (χ1n) is 7.33. The third-order valence-corrected chi connectivity index (χ3v) is 4.37. The normalized spacial score (nSPS) is 20.3. The number of nitrogens with two attached hydrogens (primary N) is 1. The number of benzene rings is 1. The molecule has 1 fully saturated rings. The van der Waals surface area contributed by atoms with Crippen LogP contribution in [-0.2, 0) is 9.31 Å². The third-order valence-electron chi connectivity index (χ3n) is 4.37. The fourth-order valence-corrected chi connectivity index (χ4v) is 2.19. The molecule has 0 bridgehead atoms. The minimum absolute atomic E-state index is 0.156. The zero-order valence-electron chi connectivity index (χ0n) is 13.8. The van der Waals surface area contributed by atoms with Crippen LogP contribution in [-0.4, -0.2) is 37.1 Å². The molecule has 0 radical (unpaired) electrons. The Morgan fingerprint density at radius 2 is 1.86 bits per heavy atom. The maximum Gasteiger partial charge on any atom is 0.491 e. The van der Waals surface area contributed by atoms with Crippen LogP contribution < -0.4 is 10.5 Å². The Morgan fingerprint density at radius 3 is 2.36 bits per heavy atom. The van der Waals surface area contributed by atoms with Crippen molar-refractivity contribution in [1.82, 2.24) is 0 Å². The summed E-state index contributed by atoms with van der Waals surface area (Å²) in [6, 6.07) is 5.03. The van der Waals surface area contributed by atoms with Crippen molar-refractivity contribution in [3.8, 4) is 11.5 Å². The Hall–Kier alpha value is -1.50. The average Bonchev–Trinajstić information content (AvgIpc) is 2.66. The molecule has 1 aromatic rings. The summed E-state index contributed by atoms with van der Waals surface area (Å²) < 4.78 is 17.2. The van der Waals surface area contributed by atoms with E-state index in [1.54, 1.807) is 31.4 Å². The Kier molecular flexibility index (Phi) is 4.56. The molecule has 0 aromatic heterocycles. The van der Waals surface area contributed by atoms with Gasteiger partial charge in [-0.1, -0.05) is 6.08 Å². The number of aromatic hydroxyl groups is 1. The van der Waals surface area contributed by atoms with E-state index in [2.05, 4.69) is 0 Å². The number of phenolic OH excluding ortho intramolecular Hbond substituents is 1. The van der Waals surface area contributed by atoms with Gasteiger partial charge in [-0.3, -0.25) is 0 Å². The van der Waals surface area contributed by atoms with E-state index >= 15 is 0 Å². The zero-order chi connectivity index (χ0) is 16.5. The topological polar surface area (TPSA) is 73.9 Å². The van der Waals surface area contributed by atoms with Gasteiger partial charge in [-0.2, -0.15) is 0 Å². The van der Waals surface area contributed by atoms with E-state index in [1.165, 1.54) is 0 Å². The Balaban J connectivity index is 2.33. The van der Waals surface area contributed by atoms with E-state index in [1.807, 2.05) is 27.7 Å². The van der Waals surface area contributed by atoms with Crippen molar-refractivity contribution in [3.05, 3.63) is 29.2 Å². The number of hydrogen-bond donors (Lipinski definition) is 2. The average molecular weight is 305 g/mol. The lowest BCUT2D eigenvalue weighted by Gasteiger charge is -2.32. The molecule has 0 saturated carbocycles. The maximum absolute atomic E-state index is 10.0. The summed E-state index contributed by atoms with van der Waals surface area (Å²) in [6.07, 6.45) is 1.79. The monoisotopic (exact) mass is 305 g/mol. The minimum Gasteiger partial charge on any atom is -0.507 e. The van der Waals surface area contributed by atoms with E-state index < -0.39 is 18.3 Å². The molecule has 22 heavy (non-hydrogen) atoms. The van der Waals surface area contributed by atoms with Crippen LogP contribution in [0.15, 0.2) is 23.7 Å². The Bertz CT molecular complexity index is 568. The van der Waals surface area contributed by atoms with Crippen LogP contribution in [0.25, 0.3) is 6.08 Å². The quantitative estimate of drug-likeness (QED) is 0.835. The molecule has 0 aliphatic carbocycles. The number of rotatable bonds is 4. The predicted molar refractivity (Wildman–Crippen MR) is 87.8 cm³/mol. The highest BCUT2D eigenvalue weighted by molar-refractivity contribution is 6.55. The van der Waals surface area contributed by atoms with Gasteiger partial charge < -0.3 is 24.9 Å². The van der Waals surface area contributed by atoms with E-state index in [4.69, 9.17) is 19.8 Å². The van der Waals surface area contributed by atoms with Crippen molar-refractivity contribution in [2.75, 3.05) is 13.7 Å². The molecule has 1 aliphatic rings. The first-order valence-corrected chi connectivity index (χ1v) is 7.33. The predicted octanol–water partition coefficient (Wildman–Crippen LogP) is 2.37. The molecule has 3 N–H and O–H groups in total. The lowest BCUT2D eigenvalue weighted by atomic mass is 9.77. The van der Waals surface area contributed by atoms with Crippen LogP contribution in [0, 0.1) is 0 Å². The molecule has 0 atom stereocenters. The fourth-order valence-electron chi connectivity index (χ4n) is 2.19. The SMILES string of the molecule is COc1ccc(O)c(C=C(CN)B2OC(C)(C)C(C)(C)O2)c1. The van der Waals surface area contributed by atoms with E-state index in [0.717, 1.165) is 5.47 Å². The maximum atomic E-state index is 10.0. The van der Waals surface area contributed by atoms with Crippen LogP contribution in [0.2, 0.25) is 0 Å². The standard InChI is InChI=1S/C16H24BNO4/c1-15(2)16(3,4)22-17(21-15)12(10-18)8-11-9-13(20-5)6-7-14(11)19/h6-9,19H,10,18H2,1-5H3. The minimum atomic E-state index is -0.527. The summed E-state index contributed by atoms with van der Waals surface area (Å²) in [5, 5.41) is 10.0. The van der Waals surface area contributed by atoms with Gasteiger partial charge in [-0.25, -0.2) is 0 Å². The fraction of sp³-hybridized carbons (Fsp3) is 0.500. The van der Waals surface area contributed by atoms with E-state index in [-0.39, 0.29) is 12.3 Å². The molecule has 0 spiro atoms. The highest BCUT2D eigenvalue weighted by Crippen LogP contribution is 2.39. The van der Waals surface area contributed by atoms with Gasteiger partial charge >= 0.3 is 7.12 Å². The van der Waals surface area contributed by atoms with Crippen LogP contribution >= 0.6 is 0 Å². The van der Waals surface area contributed by atoms with Crippen LogP contribution in [0.3, 0.4) is 0 Å². The molecule has 0 unspecified atom stereocenters. The van der Waals surface area contributed by atoms with Gasteiger partial charge in [-0.15, -0.1) is 0 Å². The molecule has 1 aliphatic heterocycles. The molecule has 2 rings (SSSR count). The summed E-state index contributed by atoms with van der Waals surface area (Å²) in [5.41, 5.74) is 6.39. The first-order chi connectivity index (χ1) is 10.2. The highest BCUT2D eigenvalue weighted by atomic mass is 16.7. The smallest absolute Gasteiger partial charge is 0.491 e. The van der Waals surface area contributed by atoms with Crippen LogP contribution in [0.4, 0.5) is 0 Å². The summed E-state index contributed by atoms with van der Waals surface area (Å²) in [4.78, 5) is 0.